The van der Waals surface area contributed by atoms with Gasteiger partial charge in [0.1, 0.15) is 5.82 Å². The van der Waals surface area contributed by atoms with Crippen molar-refractivity contribution >= 4 is 5.82 Å². The van der Waals surface area contributed by atoms with Gasteiger partial charge in [0.15, 0.2) is 0 Å². The van der Waals surface area contributed by atoms with Crippen LogP contribution in [0.15, 0.2) is 18.3 Å². The topological polar surface area (TPSA) is 34.1 Å². The first-order valence-electron chi connectivity index (χ1n) is 6.19. The smallest absolute Gasteiger partial charge is 0.126 e. The van der Waals surface area contributed by atoms with Gasteiger partial charge in [-0.3, -0.25) is 0 Å². The van der Waals surface area contributed by atoms with E-state index in [0.717, 1.165) is 12.2 Å². The zero-order valence-corrected chi connectivity index (χ0v) is 11.6. The molecule has 0 spiro atoms. The minimum Gasteiger partial charge on any atom is -0.383 e. The van der Waals surface area contributed by atoms with Gasteiger partial charge in [0.05, 0.1) is 12.6 Å². The Morgan fingerprint density at radius 1 is 1.35 bits per heavy atom. The highest BCUT2D eigenvalue weighted by Crippen LogP contribution is 2.22. The second-order valence-corrected chi connectivity index (χ2v) is 5.39. The van der Waals surface area contributed by atoms with Crippen LogP contribution >= 0.6 is 0 Å². The predicted molar refractivity (Wildman–Crippen MR) is 72.5 cm³/mol. The summed E-state index contributed by atoms with van der Waals surface area (Å²) in [4.78, 5) is 4.45. The zero-order valence-electron chi connectivity index (χ0n) is 11.6. The molecule has 1 N–H and O–H groups in total. The van der Waals surface area contributed by atoms with Crippen LogP contribution in [-0.4, -0.2) is 24.7 Å². The monoisotopic (exact) mass is 236 g/mol. The van der Waals surface area contributed by atoms with Gasteiger partial charge < -0.3 is 10.1 Å². The predicted octanol–water partition coefficient (Wildman–Crippen LogP) is 3.22. The number of rotatable bonds is 5. The lowest BCUT2D eigenvalue weighted by Gasteiger charge is -2.20. The zero-order chi connectivity index (χ0) is 12.9. The molecule has 0 saturated heterocycles. The average Bonchev–Trinajstić information content (AvgIpc) is 2.28. The van der Waals surface area contributed by atoms with Gasteiger partial charge in [0.25, 0.3) is 0 Å². The van der Waals surface area contributed by atoms with Crippen molar-refractivity contribution in [3.8, 4) is 0 Å². The molecule has 96 valence electrons. The largest absolute Gasteiger partial charge is 0.383 e. The van der Waals surface area contributed by atoms with Crippen molar-refractivity contribution in [1.82, 2.24) is 4.98 Å². The Kier molecular flexibility index (Phi) is 4.94. The molecule has 0 radical (unpaired) electrons. The molecule has 0 aromatic carbocycles. The number of ether oxygens (including phenoxy) is 1. The van der Waals surface area contributed by atoms with Crippen molar-refractivity contribution < 1.29 is 4.74 Å². The van der Waals surface area contributed by atoms with Gasteiger partial charge in [0, 0.05) is 13.3 Å². The van der Waals surface area contributed by atoms with E-state index in [1.165, 1.54) is 5.56 Å². The minimum absolute atomic E-state index is 0.155. The van der Waals surface area contributed by atoms with E-state index in [9.17, 15) is 0 Å². The molecule has 1 aromatic rings. The summed E-state index contributed by atoms with van der Waals surface area (Å²) in [5, 5.41) is 3.37. The molecule has 1 aromatic heterocycles. The summed E-state index contributed by atoms with van der Waals surface area (Å²) >= 11 is 0. The fraction of sp³-hybridized carbons (Fsp3) is 0.643. The van der Waals surface area contributed by atoms with Gasteiger partial charge >= 0.3 is 0 Å². The van der Waals surface area contributed by atoms with Gasteiger partial charge in [-0.25, -0.2) is 4.98 Å². The Labute approximate surface area is 105 Å². The first-order chi connectivity index (χ1) is 7.97. The summed E-state index contributed by atoms with van der Waals surface area (Å²) in [6.45, 7) is 9.42. The minimum atomic E-state index is 0.155. The standard InChI is InChI=1S/C14H24N2O/c1-6-12(10-17-5)16-13-8-7-11(9-15-13)14(2,3)4/h7-9,12H,6,10H2,1-5H3,(H,15,16). The van der Waals surface area contributed by atoms with E-state index in [4.69, 9.17) is 4.74 Å². The molecule has 1 atom stereocenters. The van der Waals surface area contributed by atoms with E-state index in [0.29, 0.717) is 12.6 Å². The number of nitrogens with zero attached hydrogens (tertiary/aromatic N) is 1. The molecular formula is C14H24N2O. The van der Waals surface area contributed by atoms with Crippen LogP contribution in [-0.2, 0) is 10.2 Å². The van der Waals surface area contributed by atoms with Crippen LogP contribution in [0, 0.1) is 0 Å². The Balaban J connectivity index is 2.68. The van der Waals surface area contributed by atoms with Crippen molar-refractivity contribution in [3.63, 3.8) is 0 Å². The van der Waals surface area contributed by atoms with Gasteiger partial charge in [-0.1, -0.05) is 33.8 Å². The summed E-state index contributed by atoms with van der Waals surface area (Å²) in [5.41, 5.74) is 1.41. The normalized spacial score (nSPS) is 13.5. The van der Waals surface area contributed by atoms with Crippen molar-refractivity contribution in [2.24, 2.45) is 0 Å². The molecule has 1 rings (SSSR count). The highest BCUT2D eigenvalue weighted by atomic mass is 16.5. The molecule has 3 nitrogen and oxygen atoms in total. The second kappa shape index (κ2) is 6.01. The maximum absolute atomic E-state index is 5.15. The van der Waals surface area contributed by atoms with E-state index in [1.807, 2.05) is 12.3 Å². The van der Waals surface area contributed by atoms with E-state index in [-0.39, 0.29) is 5.41 Å². The van der Waals surface area contributed by atoms with Gasteiger partial charge in [-0.05, 0) is 23.5 Å². The number of aromatic nitrogens is 1. The molecule has 0 aliphatic rings. The summed E-state index contributed by atoms with van der Waals surface area (Å²) in [6.07, 6.45) is 2.97. The third kappa shape index (κ3) is 4.35. The van der Waals surface area contributed by atoms with Crippen molar-refractivity contribution in [3.05, 3.63) is 23.9 Å². The molecule has 3 heteroatoms. The molecule has 0 saturated carbocycles. The summed E-state index contributed by atoms with van der Waals surface area (Å²) in [5.74, 6) is 0.918. The van der Waals surface area contributed by atoms with Crippen LogP contribution in [0.2, 0.25) is 0 Å². The molecule has 0 aliphatic heterocycles. The fourth-order valence-corrected chi connectivity index (χ4v) is 1.59. The average molecular weight is 236 g/mol. The lowest BCUT2D eigenvalue weighted by molar-refractivity contribution is 0.184. The summed E-state index contributed by atoms with van der Waals surface area (Å²) in [7, 11) is 1.72. The summed E-state index contributed by atoms with van der Waals surface area (Å²) in [6, 6.07) is 4.50. The fourth-order valence-electron chi connectivity index (χ4n) is 1.59. The molecule has 17 heavy (non-hydrogen) atoms. The number of nitrogens with one attached hydrogen (secondary N) is 1. The van der Waals surface area contributed by atoms with Crippen molar-refractivity contribution in [2.75, 3.05) is 19.0 Å². The molecule has 0 fully saturated rings. The Morgan fingerprint density at radius 3 is 2.47 bits per heavy atom. The number of pyridine rings is 1. The third-order valence-electron chi connectivity index (χ3n) is 2.84. The van der Waals surface area contributed by atoms with Crippen molar-refractivity contribution in [2.45, 2.75) is 45.6 Å². The SMILES string of the molecule is CCC(COC)Nc1ccc(C(C)(C)C)cn1. The third-order valence-corrected chi connectivity index (χ3v) is 2.84. The highest BCUT2D eigenvalue weighted by molar-refractivity contribution is 5.38. The van der Waals surface area contributed by atoms with Gasteiger partial charge in [-0.2, -0.15) is 0 Å². The molecule has 0 aliphatic carbocycles. The Morgan fingerprint density at radius 2 is 2.06 bits per heavy atom. The van der Waals surface area contributed by atoms with Crippen LogP contribution in [0.5, 0.6) is 0 Å². The van der Waals surface area contributed by atoms with Crippen LogP contribution < -0.4 is 5.32 Å². The molecule has 0 amide bonds. The van der Waals surface area contributed by atoms with Crippen LogP contribution in [0.4, 0.5) is 5.82 Å². The first-order valence-corrected chi connectivity index (χ1v) is 6.19. The number of anilines is 1. The second-order valence-electron chi connectivity index (χ2n) is 5.39. The van der Waals surface area contributed by atoms with Crippen LogP contribution in [0.3, 0.4) is 0 Å². The number of methoxy groups -OCH3 is 1. The summed E-state index contributed by atoms with van der Waals surface area (Å²) < 4.78 is 5.15. The Bertz CT molecular complexity index is 327. The van der Waals surface area contributed by atoms with E-state index in [2.05, 4.69) is 44.1 Å². The highest BCUT2D eigenvalue weighted by Gasteiger charge is 2.14. The quantitative estimate of drug-likeness (QED) is 0.852. The molecular weight excluding hydrogens is 212 g/mol. The van der Waals surface area contributed by atoms with Gasteiger partial charge in [-0.15, -0.1) is 0 Å². The first kappa shape index (κ1) is 14.0. The lowest BCUT2D eigenvalue weighted by Crippen LogP contribution is -2.24. The lowest BCUT2D eigenvalue weighted by atomic mass is 9.88. The van der Waals surface area contributed by atoms with E-state index < -0.39 is 0 Å². The maximum Gasteiger partial charge on any atom is 0.126 e. The molecule has 1 heterocycles. The Hall–Kier alpha value is -1.09. The number of hydrogen-bond acceptors (Lipinski definition) is 3. The van der Waals surface area contributed by atoms with Crippen LogP contribution in [0.25, 0.3) is 0 Å². The number of hydrogen-bond donors (Lipinski definition) is 1. The van der Waals surface area contributed by atoms with E-state index in [1.54, 1.807) is 7.11 Å². The molecule has 1 unspecified atom stereocenters. The van der Waals surface area contributed by atoms with Gasteiger partial charge in [0.2, 0.25) is 0 Å². The molecule has 0 bridgehead atoms. The van der Waals surface area contributed by atoms with E-state index >= 15 is 0 Å². The van der Waals surface area contributed by atoms with Crippen molar-refractivity contribution in [1.29, 1.82) is 0 Å². The maximum atomic E-state index is 5.15. The van der Waals surface area contributed by atoms with Crippen LogP contribution in [0.1, 0.15) is 39.7 Å².